The topological polar surface area (TPSA) is 94.4 Å². The molecule has 7 nitrogen and oxygen atoms in total. The zero-order chi connectivity index (χ0) is 33.3. The van der Waals surface area contributed by atoms with Crippen LogP contribution >= 0.6 is 0 Å². The maximum absolute atomic E-state index is 12.4. The molecule has 0 saturated carbocycles. The van der Waals surface area contributed by atoms with Gasteiger partial charge in [0.1, 0.15) is 11.5 Å². The molecule has 0 saturated heterocycles. The molecular formula is C41H39N3O4. The summed E-state index contributed by atoms with van der Waals surface area (Å²) in [6.07, 6.45) is 9.24. The van der Waals surface area contributed by atoms with Crippen molar-refractivity contribution < 1.29 is 19.4 Å². The third kappa shape index (κ3) is 7.86. The van der Waals surface area contributed by atoms with Crippen LogP contribution in [-0.2, 0) is 9.53 Å². The fraction of sp³-hybridized carbons (Fsp3) is 0.220. The normalized spacial score (nSPS) is 14.6. The van der Waals surface area contributed by atoms with Crippen LogP contribution in [0.25, 0.3) is 39.5 Å². The minimum atomic E-state index is -0.823. The Balaban J connectivity index is 1.29. The van der Waals surface area contributed by atoms with E-state index in [1.165, 1.54) is 11.6 Å². The molecule has 1 aromatic heterocycles. The van der Waals surface area contributed by atoms with Gasteiger partial charge in [0.05, 0.1) is 12.2 Å². The molecule has 2 unspecified atom stereocenters. The Hall–Kier alpha value is -5.56. The summed E-state index contributed by atoms with van der Waals surface area (Å²) in [6.45, 7) is 4.09. The molecule has 5 aromatic rings. The summed E-state index contributed by atoms with van der Waals surface area (Å²) in [7, 11) is 0. The van der Waals surface area contributed by atoms with E-state index in [2.05, 4.69) is 73.7 Å². The summed E-state index contributed by atoms with van der Waals surface area (Å²) in [5.41, 5.74) is 5.60. The summed E-state index contributed by atoms with van der Waals surface area (Å²) < 4.78 is 11.1. The van der Waals surface area contributed by atoms with Crippen LogP contribution in [0.4, 0.5) is 0 Å². The van der Waals surface area contributed by atoms with Gasteiger partial charge in [0.2, 0.25) is 0 Å². The van der Waals surface area contributed by atoms with Crippen molar-refractivity contribution in [1.82, 2.24) is 15.0 Å². The van der Waals surface area contributed by atoms with Crippen LogP contribution in [0, 0.1) is 0 Å². The first-order valence-corrected chi connectivity index (χ1v) is 16.5. The average molecular weight is 638 g/mol. The summed E-state index contributed by atoms with van der Waals surface area (Å²) in [6, 6.07) is 33.6. The number of nitrogens with zero attached hydrogens (tertiary/aromatic N) is 3. The van der Waals surface area contributed by atoms with Gasteiger partial charge < -0.3 is 14.6 Å². The van der Waals surface area contributed by atoms with Crippen LogP contribution in [0.3, 0.4) is 0 Å². The Bertz CT molecular complexity index is 1900. The zero-order valence-electron chi connectivity index (χ0n) is 27.3. The van der Waals surface area contributed by atoms with Gasteiger partial charge in [-0.25, -0.2) is 19.7 Å². The summed E-state index contributed by atoms with van der Waals surface area (Å²) >= 11 is 0. The van der Waals surface area contributed by atoms with Crippen molar-refractivity contribution in [3.05, 3.63) is 133 Å². The van der Waals surface area contributed by atoms with Gasteiger partial charge >= 0.3 is 5.97 Å². The van der Waals surface area contributed by atoms with Crippen LogP contribution < -0.4 is 4.74 Å². The van der Waals surface area contributed by atoms with Crippen molar-refractivity contribution in [2.75, 3.05) is 6.61 Å². The fourth-order valence-corrected chi connectivity index (χ4v) is 5.60. The van der Waals surface area contributed by atoms with E-state index in [4.69, 9.17) is 24.4 Å². The quantitative estimate of drug-likeness (QED) is 0.108. The number of ether oxygens (including phenoxy) is 2. The Kier molecular flexibility index (Phi) is 10.4. The highest BCUT2D eigenvalue weighted by atomic mass is 16.6. The highest BCUT2D eigenvalue weighted by molar-refractivity contribution is 5.77. The second-order valence-corrected chi connectivity index (χ2v) is 11.8. The van der Waals surface area contributed by atoms with Crippen LogP contribution in [0.2, 0.25) is 0 Å². The third-order valence-corrected chi connectivity index (χ3v) is 8.32. The van der Waals surface area contributed by atoms with E-state index in [1.807, 2.05) is 36.4 Å². The van der Waals surface area contributed by atoms with Gasteiger partial charge in [0.25, 0.3) is 0 Å². The number of phenolic OH excluding ortho intramolecular Hbond substituents is 1. The Morgan fingerprint density at radius 1 is 0.812 bits per heavy atom. The van der Waals surface area contributed by atoms with E-state index < -0.39 is 12.1 Å². The summed E-state index contributed by atoms with van der Waals surface area (Å²) in [4.78, 5) is 26.9. The number of phenols is 1. The van der Waals surface area contributed by atoms with Crippen molar-refractivity contribution in [2.24, 2.45) is 0 Å². The SMILES string of the molecule is CCCCCOC(=O)C(C)Oc1ccc(-c2nc(C3=CCC(c4ccccc4)C=C3)nc(-c3ccc(-c4ccccc4)cc3)n2)c(O)c1. The molecule has 48 heavy (non-hydrogen) atoms. The number of carbonyl (C=O) groups excluding carboxylic acids is 1. The number of unbranched alkanes of at least 4 members (excludes halogenated alkanes) is 2. The first-order valence-electron chi connectivity index (χ1n) is 16.5. The number of hydrogen-bond donors (Lipinski definition) is 1. The molecule has 0 fully saturated rings. The number of rotatable bonds is 12. The van der Waals surface area contributed by atoms with Crippen LogP contribution in [0.1, 0.15) is 56.8 Å². The van der Waals surface area contributed by atoms with Crippen molar-refractivity contribution in [3.63, 3.8) is 0 Å². The number of aromatic nitrogens is 3. The number of benzene rings is 4. The van der Waals surface area contributed by atoms with Crippen molar-refractivity contribution in [1.29, 1.82) is 0 Å². The van der Waals surface area contributed by atoms with Gasteiger partial charge in [0, 0.05) is 23.1 Å². The van der Waals surface area contributed by atoms with Crippen molar-refractivity contribution in [3.8, 4) is 45.4 Å². The highest BCUT2D eigenvalue weighted by Crippen LogP contribution is 2.35. The maximum Gasteiger partial charge on any atom is 0.347 e. The van der Waals surface area contributed by atoms with Crippen molar-refractivity contribution in [2.45, 2.75) is 51.6 Å². The van der Waals surface area contributed by atoms with Crippen LogP contribution in [0.15, 0.2) is 121 Å². The van der Waals surface area contributed by atoms with E-state index >= 15 is 0 Å². The van der Waals surface area contributed by atoms with Gasteiger partial charge in [-0.15, -0.1) is 0 Å². The molecule has 0 spiro atoms. The smallest absolute Gasteiger partial charge is 0.347 e. The molecule has 1 aliphatic carbocycles. The van der Waals surface area contributed by atoms with Gasteiger partial charge in [-0.2, -0.15) is 0 Å². The number of hydrogen-bond acceptors (Lipinski definition) is 7. The van der Waals surface area contributed by atoms with Gasteiger partial charge in [-0.1, -0.05) is 123 Å². The van der Waals surface area contributed by atoms with Crippen LogP contribution in [-0.4, -0.2) is 38.7 Å². The molecular weight excluding hydrogens is 598 g/mol. The molecule has 6 rings (SSSR count). The molecule has 0 bridgehead atoms. The minimum Gasteiger partial charge on any atom is -0.507 e. The van der Waals surface area contributed by atoms with Crippen LogP contribution in [0.5, 0.6) is 11.5 Å². The minimum absolute atomic E-state index is 0.0733. The third-order valence-electron chi connectivity index (χ3n) is 8.32. The van der Waals surface area contributed by atoms with E-state index in [0.717, 1.165) is 47.9 Å². The molecule has 242 valence electrons. The lowest BCUT2D eigenvalue weighted by Crippen LogP contribution is -2.26. The second-order valence-electron chi connectivity index (χ2n) is 11.8. The fourth-order valence-electron chi connectivity index (χ4n) is 5.60. The number of carbonyl (C=O) groups is 1. The summed E-state index contributed by atoms with van der Waals surface area (Å²) in [5, 5.41) is 11.2. The van der Waals surface area contributed by atoms with E-state index in [0.29, 0.717) is 35.4 Å². The lowest BCUT2D eigenvalue weighted by Gasteiger charge is -2.17. The number of allylic oxidation sites excluding steroid dienone is 4. The first-order chi connectivity index (χ1) is 23.5. The average Bonchev–Trinajstić information content (AvgIpc) is 3.14. The molecule has 1 N–H and O–H groups in total. The second kappa shape index (κ2) is 15.4. The lowest BCUT2D eigenvalue weighted by molar-refractivity contribution is -0.151. The molecule has 0 aliphatic heterocycles. The standard InChI is InChI=1S/C41H39N3O4/c1-3-4-11-26-47-41(46)28(2)48-35-24-25-36(37(45)27-35)40-43-38(33-20-16-31(17-21-33)29-12-7-5-8-13-29)42-39(44-40)34-22-18-32(19-23-34)30-14-9-6-10-15-30/h5-10,12-18,20-25,27-28,32,45H,3-4,11,19,26H2,1-2H3. The monoisotopic (exact) mass is 637 g/mol. The summed E-state index contributed by atoms with van der Waals surface area (Å²) in [5.74, 6) is 1.43. The van der Waals surface area contributed by atoms with Crippen molar-refractivity contribution >= 4 is 11.5 Å². The number of aromatic hydroxyl groups is 1. The van der Waals surface area contributed by atoms with E-state index in [1.54, 1.807) is 19.1 Å². The molecule has 2 atom stereocenters. The maximum atomic E-state index is 12.4. The van der Waals surface area contributed by atoms with E-state index in [-0.39, 0.29) is 11.7 Å². The Morgan fingerprint density at radius 3 is 2.17 bits per heavy atom. The van der Waals surface area contributed by atoms with Gasteiger partial charge in [0.15, 0.2) is 23.6 Å². The predicted molar refractivity (Wildman–Crippen MR) is 189 cm³/mol. The first kappa shape index (κ1) is 32.4. The van der Waals surface area contributed by atoms with Gasteiger partial charge in [-0.05, 0) is 48.6 Å². The predicted octanol–water partition coefficient (Wildman–Crippen LogP) is 9.21. The Labute approximate surface area is 281 Å². The molecule has 7 heteroatoms. The molecule has 0 amide bonds. The molecule has 1 aliphatic rings. The number of esters is 1. The van der Waals surface area contributed by atoms with Gasteiger partial charge in [-0.3, -0.25) is 0 Å². The Morgan fingerprint density at radius 2 is 1.48 bits per heavy atom. The molecule has 1 heterocycles. The largest absolute Gasteiger partial charge is 0.507 e. The highest BCUT2D eigenvalue weighted by Gasteiger charge is 2.20. The molecule has 4 aromatic carbocycles. The zero-order valence-corrected chi connectivity index (χ0v) is 27.3. The van der Waals surface area contributed by atoms with E-state index in [9.17, 15) is 9.90 Å². The molecule has 0 radical (unpaired) electrons. The lowest BCUT2D eigenvalue weighted by atomic mass is 9.90.